The molecule has 0 bridgehead atoms. The number of furan rings is 1. The number of carbonyl (C=O) groups is 1. The minimum absolute atomic E-state index is 0.0140. The van der Waals surface area contributed by atoms with Gasteiger partial charge in [0.15, 0.2) is 14.8 Å². The minimum Gasteiger partial charge on any atom is -0.467 e. The SMILES string of the molecule is CCN(CC)C(=O)CSc1nc2c(sc(=S)n2CCc2ccccc2)c(=O)n1Cc1ccco1. The third-order valence-electron chi connectivity index (χ3n) is 5.54. The van der Waals surface area contributed by atoms with Gasteiger partial charge in [0, 0.05) is 19.6 Å². The van der Waals surface area contributed by atoms with Gasteiger partial charge in [-0.1, -0.05) is 53.4 Å². The molecule has 7 nitrogen and oxygen atoms in total. The molecule has 0 spiro atoms. The first-order chi connectivity index (χ1) is 16.5. The summed E-state index contributed by atoms with van der Waals surface area (Å²) in [5.74, 6) is 0.861. The Kier molecular flexibility index (Phi) is 8.02. The fraction of sp³-hybridized carbons (Fsp3) is 0.333. The number of hydrogen-bond acceptors (Lipinski definition) is 7. The predicted molar refractivity (Wildman–Crippen MR) is 139 cm³/mol. The number of thiazole rings is 1. The predicted octanol–water partition coefficient (Wildman–Crippen LogP) is 4.83. The van der Waals surface area contributed by atoms with E-state index in [-0.39, 0.29) is 23.8 Å². The summed E-state index contributed by atoms with van der Waals surface area (Å²) in [7, 11) is 0. The molecule has 0 saturated heterocycles. The van der Waals surface area contributed by atoms with Crippen LogP contribution in [0.2, 0.25) is 0 Å². The zero-order chi connectivity index (χ0) is 24.1. The van der Waals surface area contributed by atoms with Crippen molar-refractivity contribution in [1.82, 2.24) is 19.0 Å². The van der Waals surface area contributed by atoms with Crippen LogP contribution in [0.3, 0.4) is 0 Å². The number of hydrogen-bond donors (Lipinski definition) is 0. The first kappa shape index (κ1) is 24.4. The zero-order valence-corrected chi connectivity index (χ0v) is 21.5. The highest BCUT2D eigenvalue weighted by molar-refractivity contribution is 7.99. The number of thioether (sulfide) groups is 1. The second kappa shape index (κ2) is 11.2. The van der Waals surface area contributed by atoms with Crippen LogP contribution in [0.15, 0.2) is 63.1 Å². The smallest absolute Gasteiger partial charge is 0.274 e. The quantitative estimate of drug-likeness (QED) is 0.171. The molecule has 0 saturated carbocycles. The summed E-state index contributed by atoms with van der Waals surface area (Å²) in [6, 6.07) is 13.7. The maximum absolute atomic E-state index is 13.5. The molecule has 0 fully saturated rings. The van der Waals surface area contributed by atoms with E-state index >= 15 is 0 Å². The Bertz CT molecular complexity index is 1370. The first-order valence-electron chi connectivity index (χ1n) is 11.1. The Labute approximate surface area is 211 Å². The van der Waals surface area contributed by atoms with Gasteiger partial charge >= 0.3 is 0 Å². The highest BCUT2D eigenvalue weighted by Crippen LogP contribution is 2.24. The lowest BCUT2D eigenvalue weighted by Gasteiger charge is -2.18. The molecule has 0 unspecified atom stereocenters. The van der Waals surface area contributed by atoms with Gasteiger partial charge in [0.1, 0.15) is 10.5 Å². The average molecular weight is 515 g/mol. The topological polar surface area (TPSA) is 73.3 Å². The Morgan fingerprint density at radius 1 is 1.15 bits per heavy atom. The highest BCUT2D eigenvalue weighted by atomic mass is 32.2. The van der Waals surface area contributed by atoms with Gasteiger partial charge in [-0.15, -0.1) is 0 Å². The van der Waals surface area contributed by atoms with Gasteiger partial charge in [-0.05, 0) is 50.2 Å². The summed E-state index contributed by atoms with van der Waals surface area (Å²) in [5.41, 5.74) is 1.59. The average Bonchev–Trinajstić information content (AvgIpc) is 3.47. The molecule has 3 heterocycles. The number of amides is 1. The van der Waals surface area contributed by atoms with Crippen molar-refractivity contribution in [3.63, 3.8) is 0 Å². The molecule has 0 N–H and O–H groups in total. The van der Waals surface area contributed by atoms with Gasteiger partial charge in [0.05, 0.1) is 18.6 Å². The second-order valence-electron chi connectivity index (χ2n) is 7.63. The van der Waals surface area contributed by atoms with Crippen LogP contribution in [0.25, 0.3) is 10.3 Å². The van der Waals surface area contributed by atoms with Crippen molar-refractivity contribution in [1.29, 1.82) is 0 Å². The number of aryl methyl sites for hydroxylation is 2. The van der Waals surface area contributed by atoms with E-state index in [9.17, 15) is 9.59 Å². The summed E-state index contributed by atoms with van der Waals surface area (Å²) in [6.45, 7) is 6.06. The zero-order valence-electron chi connectivity index (χ0n) is 19.1. The molecule has 34 heavy (non-hydrogen) atoms. The Morgan fingerprint density at radius 3 is 2.59 bits per heavy atom. The molecule has 0 atom stereocenters. The Hall–Kier alpha value is -2.69. The Balaban J connectivity index is 1.72. The largest absolute Gasteiger partial charge is 0.467 e. The summed E-state index contributed by atoms with van der Waals surface area (Å²) in [4.78, 5) is 32.8. The number of benzene rings is 1. The molecule has 0 radical (unpaired) electrons. The maximum Gasteiger partial charge on any atom is 0.274 e. The molecule has 4 rings (SSSR count). The standard InChI is InChI=1S/C24H26N4O3S3/c1-3-26(4-2)19(29)16-33-23-25-21-20(22(30)28(23)15-18-11-8-14-31-18)34-24(32)27(21)13-12-17-9-6-5-7-10-17/h5-11,14H,3-4,12-13,15-16H2,1-2H3. The van der Waals surface area contributed by atoms with Crippen molar-refractivity contribution in [2.45, 2.75) is 38.5 Å². The first-order valence-corrected chi connectivity index (χ1v) is 13.3. The lowest BCUT2D eigenvalue weighted by Crippen LogP contribution is -2.32. The van der Waals surface area contributed by atoms with Gasteiger partial charge in [0.2, 0.25) is 5.91 Å². The van der Waals surface area contributed by atoms with E-state index in [1.807, 2.05) is 42.7 Å². The van der Waals surface area contributed by atoms with Crippen LogP contribution >= 0.6 is 35.3 Å². The molecule has 1 aromatic carbocycles. The molecular formula is C24H26N4O3S3. The highest BCUT2D eigenvalue weighted by Gasteiger charge is 2.20. The van der Waals surface area contributed by atoms with E-state index in [0.29, 0.717) is 44.9 Å². The van der Waals surface area contributed by atoms with Crippen molar-refractivity contribution in [3.8, 4) is 0 Å². The van der Waals surface area contributed by atoms with Crippen molar-refractivity contribution in [3.05, 3.63) is 74.4 Å². The van der Waals surface area contributed by atoms with Gasteiger partial charge in [-0.2, -0.15) is 0 Å². The third kappa shape index (κ3) is 5.34. The summed E-state index contributed by atoms with van der Waals surface area (Å²) in [5, 5.41) is 0.482. The lowest BCUT2D eigenvalue weighted by atomic mass is 10.1. The van der Waals surface area contributed by atoms with Gasteiger partial charge < -0.3 is 13.9 Å². The monoisotopic (exact) mass is 514 g/mol. The van der Waals surface area contributed by atoms with E-state index < -0.39 is 0 Å². The van der Waals surface area contributed by atoms with Crippen LogP contribution < -0.4 is 5.56 Å². The van der Waals surface area contributed by atoms with Crippen molar-refractivity contribution >= 4 is 51.6 Å². The van der Waals surface area contributed by atoms with Crippen LogP contribution in [0.5, 0.6) is 0 Å². The molecule has 178 valence electrons. The van der Waals surface area contributed by atoms with E-state index in [4.69, 9.17) is 21.6 Å². The van der Waals surface area contributed by atoms with Crippen molar-refractivity contribution in [2.24, 2.45) is 0 Å². The molecule has 0 aliphatic heterocycles. The third-order valence-corrected chi connectivity index (χ3v) is 7.93. The molecule has 4 aromatic rings. The summed E-state index contributed by atoms with van der Waals surface area (Å²) in [6.07, 6.45) is 2.36. The number of carbonyl (C=O) groups excluding carboxylic acids is 1. The van der Waals surface area contributed by atoms with Crippen LogP contribution in [-0.4, -0.2) is 43.8 Å². The van der Waals surface area contributed by atoms with Crippen LogP contribution in [-0.2, 0) is 24.3 Å². The number of rotatable bonds is 10. The Morgan fingerprint density at radius 2 is 1.91 bits per heavy atom. The number of fused-ring (bicyclic) bond motifs is 1. The van der Waals surface area contributed by atoms with Crippen LogP contribution in [0.1, 0.15) is 25.2 Å². The summed E-state index contributed by atoms with van der Waals surface area (Å²) < 4.78 is 10.1. The maximum atomic E-state index is 13.5. The van der Waals surface area contributed by atoms with Gasteiger partial charge in [-0.25, -0.2) is 4.98 Å². The minimum atomic E-state index is -0.172. The van der Waals surface area contributed by atoms with E-state index in [1.165, 1.54) is 28.7 Å². The van der Waals surface area contributed by atoms with Crippen molar-refractivity contribution in [2.75, 3.05) is 18.8 Å². The summed E-state index contributed by atoms with van der Waals surface area (Å²) >= 11 is 8.16. The number of nitrogens with zero attached hydrogens (tertiary/aromatic N) is 4. The van der Waals surface area contributed by atoms with Gasteiger partial charge in [0.25, 0.3) is 5.56 Å². The molecule has 10 heteroatoms. The lowest BCUT2D eigenvalue weighted by molar-refractivity contribution is -0.127. The van der Waals surface area contributed by atoms with E-state index in [0.717, 1.165) is 6.42 Å². The second-order valence-corrected chi connectivity index (χ2v) is 10.2. The molecule has 0 aliphatic carbocycles. The number of aromatic nitrogens is 3. The fourth-order valence-corrected chi connectivity index (χ4v) is 5.92. The van der Waals surface area contributed by atoms with Gasteiger partial charge in [-0.3, -0.25) is 14.2 Å². The molecule has 1 amide bonds. The van der Waals surface area contributed by atoms with E-state index in [2.05, 4.69) is 12.1 Å². The normalized spacial score (nSPS) is 11.2. The molecular weight excluding hydrogens is 488 g/mol. The van der Waals surface area contributed by atoms with Crippen LogP contribution in [0.4, 0.5) is 0 Å². The molecule has 3 aromatic heterocycles. The molecule has 0 aliphatic rings. The van der Waals surface area contributed by atoms with Crippen LogP contribution in [0, 0.1) is 3.95 Å². The van der Waals surface area contributed by atoms with Crippen molar-refractivity contribution < 1.29 is 9.21 Å². The fourth-order valence-electron chi connectivity index (χ4n) is 3.69. The van der Waals surface area contributed by atoms with E-state index in [1.54, 1.807) is 21.8 Å².